The number of phenolic OH excluding ortho intramolecular Hbond substituents is 1. The van der Waals surface area contributed by atoms with Gasteiger partial charge >= 0.3 is 0 Å². The maximum Gasteiger partial charge on any atom is 0.243 e. The molecule has 390 valence electrons. The molecule has 2 amide bonds. The fraction of sp³-hybridized carbons (Fsp3) is 0.473. The Kier molecular flexibility index (Phi) is 15.4. The van der Waals surface area contributed by atoms with Crippen LogP contribution in [0.4, 0.5) is 17.2 Å². The van der Waals surface area contributed by atoms with Crippen LogP contribution in [0.1, 0.15) is 81.1 Å². The molecule has 4 aromatic heterocycles. The van der Waals surface area contributed by atoms with Crippen LogP contribution >= 0.6 is 11.3 Å². The second kappa shape index (κ2) is 22.4. The van der Waals surface area contributed by atoms with Gasteiger partial charge in [-0.1, -0.05) is 55.4 Å². The van der Waals surface area contributed by atoms with Crippen LogP contribution in [0.5, 0.6) is 11.6 Å². The summed E-state index contributed by atoms with van der Waals surface area (Å²) in [5.74, 6) is 0.365. The quantitative estimate of drug-likeness (QED) is 0.0742. The molecule has 4 aliphatic rings. The van der Waals surface area contributed by atoms with Crippen LogP contribution in [0.15, 0.2) is 89.0 Å². The van der Waals surface area contributed by atoms with Crippen LogP contribution in [-0.2, 0) is 16.0 Å². The molecule has 0 spiro atoms. The highest BCUT2D eigenvalue weighted by atomic mass is 32.1. The second-order valence-electron chi connectivity index (χ2n) is 20.7. The number of aliphatic hydroxyl groups is 1. The molecule has 74 heavy (non-hydrogen) atoms. The summed E-state index contributed by atoms with van der Waals surface area (Å²) in [5, 5.41) is 37.2. The third kappa shape index (κ3) is 11.2. The average molecular weight is 1030 g/mol. The fourth-order valence-corrected chi connectivity index (χ4v) is 12.1. The number of aromatic nitrogens is 5. The summed E-state index contributed by atoms with van der Waals surface area (Å²) in [6.07, 6.45) is 4.97. The van der Waals surface area contributed by atoms with Gasteiger partial charge in [0, 0.05) is 100 Å². The Morgan fingerprint density at radius 3 is 2.38 bits per heavy atom. The van der Waals surface area contributed by atoms with Crippen LogP contribution in [0.25, 0.3) is 21.7 Å². The first kappa shape index (κ1) is 50.8. The van der Waals surface area contributed by atoms with E-state index in [0.29, 0.717) is 53.8 Å². The Bertz CT molecular complexity index is 2870. The first-order valence-electron chi connectivity index (χ1n) is 26.1. The van der Waals surface area contributed by atoms with E-state index in [1.165, 1.54) is 4.90 Å². The van der Waals surface area contributed by atoms with Crippen molar-refractivity contribution < 1.29 is 29.1 Å². The molecule has 8 heterocycles. The van der Waals surface area contributed by atoms with Gasteiger partial charge in [0.2, 0.25) is 17.7 Å². The third-order valence-electron chi connectivity index (χ3n) is 15.3. The zero-order valence-electron chi connectivity index (χ0n) is 42.7. The molecule has 19 heteroatoms. The maximum absolute atomic E-state index is 14.3. The third-order valence-corrected chi connectivity index (χ3v) is 16.3. The molecule has 2 aromatic carbocycles. The second-order valence-corrected chi connectivity index (χ2v) is 21.5. The lowest BCUT2D eigenvalue weighted by molar-refractivity contribution is -0.141. The Balaban J connectivity index is 0.655. The summed E-state index contributed by atoms with van der Waals surface area (Å²) in [7, 11) is 0. The predicted molar refractivity (Wildman–Crippen MR) is 285 cm³/mol. The van der Waals surface area contributed by atoms with Crippen LogP contribution in [0, 0.1) is 12.8 Å². The molecule has 0 radical (unpaired) electrons. The number of ether oxygens (including phenoxy) is 1. The Labute approximate surface area is 436 Å². The number of pyridine rings is 1. The van der Waals surface area contributed by atoms with Gasteiger partial charge in [-0.15, -0.1) is 21.5 Å². The van der Waals surface area contributed by atoms with E-state index in [1.807, 2.05) is 87.9 Å². The van der Waals surface area contributed by atoms with Crippen molar-refractivity contribution in [1.29, 1.82) is 0 Å². The van der Waals surface area contributed by atoms with Gasteiger partial charge in [-0.25, -0.2) is 9.97 Å². The van der Waals surface area contributed by atoms with Crippen LogP contribution in [0.2, 0.25) is 0 Å². The number of nitrogen functional groups attached to an aromatic ring is 1. The van der Waals surface area contributed by atoms with Crippen molar-refractivity contribution in [3.8, 4) is 33.3 Å². The monoisotopic (exact) mass is 1020 g/mol. The Morgan fingerprint density at radius 2 is 1.66 bits per heavy atom. The summed E-state index contributed by atoms with van der Waals surface area (Å²) < 4.78 is 12.1. The van der Waals surface area contributed by atoms with Crippen molar-refractivity contribution in [2.45, 2.75) is 96.0 Å². The normalized spacial score (nSPS) is 21.1. The van der Waals surface area contributed by atoms with Gasteiger partial charge in [0.15, 0.2) is 5.82 Å². The van der Waals surface area contributed by atoms with Gasteiger partial charge in [-0.2, -0.15) is 0 Å². The van der Waals surface area contributed by atoms with E-state index >= 15 is 0 Å². The number of nitrogens with one attached hydrogen (secondary N) is 1. The number of anilines is 3. The SMILES string of the molecule is Cc1ncsc1-c1ccc([C@H](C)NC(=O)C2C[C@@H](O)CN2C(=O)[C@H](c2cc(CCCN3CCN(CCOc4cc(N5C6CCC5CN(c5cc(-c7ccccc7O)nnc5N)C6)ccn4)CC3)no2)C(C)C)cc1. The molecule has 6 atom stereocenters. The minimum Gasteiger partial charge on any atom is -0.507 e. The van der Waals surface area contributed by atoms with E-state index in [4.69, 9.17) is 15.0 Å². The number of nitrogens with zero attached hydrogens (tertiary/aromatic N) is 10. The Morgan fingerprint density at radius 1 is 0.919 bits per heavy atom. The topological polar surface area (TPSA) is 216 Å². The number of piperazine rings is 2. The van der Waals surface area contributed by atoms with Crippen molar-refractivity contribution in [3.63, 3.8) is 0 Å². The number of amides is 2. The molecular formula is C55H68N12O6S. The summed E-state index contributed by atoms with van der Waals surface area (Å²) in [5.41, 5.74) is 15.2. The Hall–Kier alpha value is -6.67. The van der Waals surface area contributed by atoms with Gasteiger partial charge in [0.25, 0.3) is 0 Å². The molecule has 4 aliphatic heterocycles. The number of hydrogen-bond acceptors (Lipinski definition) is 17. The number of aromatic hydroxyl groups is 1. The number of fused-ring (bicyclic) bond motifs is 2. The van der Waals surface area contributed by atoms with Crippen molar-refractivity contribution >= 4 is 40.3 Å². The number of carbonyl (C=O) groups excluding carboxylic acids is 2. The number of phenols is 1. The first-order valence-corrected chi connectivity index (χ1v) is 27.0. The molecule has 4 saturated heterocycles. The smallest absolute Gasteiger partial charge is 0.243 e. The van der Waals surface area contributed by atoms with Gasteiger partial charge < -0.3 is 50.1 Å². The molecule has 10 rings (SSSR count). The van der Waals surface area contributed by atoms with Crippen molar-refractivity contribution in [2.24, 2.45) is 5.92 Å². The average Bonchev–Trinajstić information content (AvgIpc) is 4.20. The van der Waals surface area contributed by atoms with Crippen molar-refractivity contribution in [2.75, 3.05) is 81.0 Å². The molecule has 4 fully saturated rings. The summed E-state index contributed by atoms with van der Waals surface area (Å²) in [4.78, 5) is 49.3. The van der Waals surface area contributed by atoms with E-state index in [0.717, 1.165) is 110 Å². The largest absolute Gasteiger partial charge is 0.507 e. The highest BCUT2D eigenvalue weighted by Crippen LogP contribution is 2.40. The number of aryl methyl sites for hydroxylation is 2. The van der Waals surface area contributed by atoms with Gasteiger partial charge in [0.05, 0.1) is 45.3 Å². The number of aliphatic hydroxyl groups excluding tert-OH is 1. The maximum atomic E-state index is 14.3. The minimum atomic E-state index is -0.802. The number of para-hydroxylation sites is 1. The number of hydrogen-bond donors (Lipinski definition) is 4. The van der Waals surface area contributed by atoms with Crippen molar-refractivity contribution in [1.82, 2.24) is 45.3 Å². The van der Waals surface area contributed by atoms with Crippen LogP contribution < -0.4 is 25.6 Å². The molecule has 6 aromatic rings. The molecule has 3 unspecified atom stereocenters. The van der Waals surface area contributed by atoms with Crippen LogP contribution in [0.3, 0.4) is 0 Å². The molecule has 18 nitrogen and oxygen atoms in total. The zero-order valence-corrected chi connectivity index (χ0v) is 43.5. The summed E-state index contributed by atoms with van der Waals surface area (Å²) >= 11 is 1.60. The van der Waals surface area contributed by atoms with Gasteiger partial charge in [-0.3, -0.25) is 14.5 Å². The van der Waals surface area contributed by atoms with E-state index in [9.17, 15) is 19.8 Å². The lowest BCUT2D eigenvalue weighted by atomic mass is 9.91. The minimum absolute atomic E-state index is 0.0831. The standard InChI is InChI=1S/C55H68N12O6S/c1-34(2)51(55(71)66-32-43(68)28-47(66)54(70)59-35(3)37-11-13-38(14-12-37)52-36(4)58-33-74-52)49-26-39(62-73-49)8-7-19-63-20-22-64(23-21-63)24-25-72-50-27-40(17-18-57-50)67-41-15-16-42(67)31-65(30-41)46-29-45(60-61-53(46)56)44-9-5-6-10-48(44)69/h5-6,9-14,17-18,26-27,29,33-35,41-43,47,51,68-69H,7-8,15-16,19-25,28,30-32H2,1-4H3,(H2,56,61)(H,59,70)/t35-,41?,42?,43+,47?,51-/m0/s1. The molecule has 0 aliphatic carbocycles. The predicted octanol–water partition coefficient (Wildman–Crippen LogP) is 6.31. The van der Waals surface area contributed by atoms with E-state index in [1.54, 1.807) is 23.5 Å². The zero-order chi connectivity index (χ0) is 51.5. The number of thiazole rings is 1. The molecule has 0 saturated carbocycles. The highest BCUT2D eigenvalue weighted by molar-refractivity contribution is 7.13. The van der Waals surface area contributed by atoms with Crippen molar-refractivity contribution in [3.05, 3.63) is 107 Å². The summed E-state index contributed by atoms with van der Waals surface area (Å²) in [6, 6.07) is 22.7. The first-order chi connectivity index (χ1) is 35.9. The van der Waals surface area contributed by atoms with E-state index in [-0.39, 0.29) is 42.5 Å². The van der Waals surface area contributed by atoms with Gasteiger partial charge in [-0.05, 0) is 87.4 Å². The number of rotatable bonds is 18. The molecule has 5 N–H and O–H groups in total. The van der Waals surface area contributed by atoms with Gasteiger partial charge in [0.1, 0.15) is 30.1 Å². The number of likely N-dealkylation sites (tertiary alicyclic amines) is 1. The number of benzene rings is 2. The number of carbonyl (C=O) groups is 2. The van der Waals surface area contributed by atoms with Crippen LogP contribution in [-0.4, -0.2) is 152 Å². The van der Waals surface area contributed by atoms with E-state index in [2.05, 4.69) is 62.4 Å². The lowest BCUT2D eigenvalue weighted by Crippen LogP contribution is -2.54. The number of β-amino-alcohol motifs (C(OH)–C–C–N with tert-alkyl or cyclic N) is 1. The highest BCUT2D eigenvalue weighted by Gasteiger charge is 2.44. The fourth-order valence-electron chi connectivity index (χ4n) is 11.3. The van der Waals surface area contributed by atoms with E-state index < -0.39 is 18.1 Å². The summed E-state index contributed by atoms with van der Waals surface area (Å²) in [6.45, 7) is 15.6. The molecular weight excluding hydrogens is 957 g/mol. The number of nitrogens with two attached hydrogens (primary N) is 1. The lowest BCUT2D eigenvalue weighted by Gasteiger charge is -2.43. The molecule has 2 bridgehead atoms.